The number of fused-ring (bicyclic) bond motifs is 1. The van der Waals surface area contributed by atoms with Crippen molar-refractivity contribution in [1.82, 2.24) is 20.1 Å². The van der Waals surface area contributed by atoms with E-state index < -0.39 is 11.9 Å². The number of pyridine rings is 1. The Kier molecular flexibility index (Phi) is 4.33. The molecule has 0 bridgehead atoms. The number of aromatic nitrogens is 4. The molecule has 0 radical (unpaired) electrons. The number of hydrogen-bond donors (Lipinski definition) is 2. The van der Waals surface area contributed by atoms with Gasteiger partial charge < -0.3 is 20.0 Å². The van der Waals surface area contributed by atoms with Crippen LogP contribution in [0.15, 0.2) is 41.2 Å². The topological polar surface area (TPSA) is 103 Å². The van der Waals surface area contributed by atoms with E-state index in [2.05, 4.69) is 20.1 Å². The normalized spacial score (nSPS) is 12.4. The highest BCUT2D eigenvalue weighted by Gasteiger charge is 2.16. The van der Waals surface area contributed by atoms with Crippen LogP contribution in [0.3, 0.4) is 0 Å². The Bertz CT molecular complexity index is 1100. The summed E-state index contributed by atoms with van der Waals surface area (Å²) < 4.78 is 25.4. The van der Waals surface area contributed by atoms with E-state index in [1.807, 2.05) is 13.1 Å². The molecule has 0 saturated carbocycles. The molecule has 8 heteroatoms. The number of nitrogens with two attached hydrogens (primary N) is 1. The second-order valence-electron chi connectivity index (χ2n) is 6.36. The molecule has 4 aromatic rings. The molecule has 0 aliphatic carbocycles. The van der Waals surface area contributed by atoms with Gasteiger partial charge in [-0.15, -0.1) is 0 Å². The summed E-state index contributed by atoms with van der Waals surface area (Å²) in [6, 6.07) is 5.97. The van der Waals surface area contributed by atoms with Gasteiger partial charge >= 0.3 is 0 Å². The standard InChI is InChI=1S/C19H18FN5O2/c1-10-9-23-18-17(10)16(5-6-22-18)26-15-4-3-12(7-13(15)20)8-14(21)19-24-11(2)25-27-19/h3-7,9,14H,8,21H2,1-2H3,(H,22,23). The number of hydrogen-bond acceptors (Lipinski definition) is 6. The largest absolute Gasteiger partial charge is 0.453 e. The van der Waals surface area contributed by atoms with Gasteiger partial charge in [-0.05, 0) is 49.6 Å². The Morgan fingerprint density at radius 1 is 1.26 bits per heavy atom. The van der Waals surface area contributed by atoms with Gasteiger partial charge in [-0.25, -0.2) is 9.37 Å². The van der Waals surface area contributed by atoms with Gasteiger partial charge in [0.2, 0.25) is 5.89 Å². The van der Waals surface area contributed by atoms with E-state index in [4.69, 9.17) is 15.0 Å². The van der Waals surface area contributed by atoms with Crippen LogP contribution in [0.4, 0.5) is 4.39 Å². The Morgan fingerprint density at radius 2 is 2.11 bits per heavy atom. The number of rotatable bonds is 5. The number of nitrogens with zero attached hydrogens (tertiary/aromatic N) is 3. The molecule has 1 aromatic carbocycles. The maximum absolute atomic E-state index is 14.6. The van der Waals surface area contributed by atoms with Crippen molar-refractivity contribution in [3.63, 3.8) is 0 Å². The fraction of sp³-hybridized carbons (Fsp3) is 0.211. The quantitative estimate of drug-likeness (QED) is 0.557. The maximum Gasteiger partial charge on any atom is 0.243 e. The minimum Gasteiger partial charge on any atom is -0.453 e. The average Bonchev–Trinajstić information content (AvgIpc) is 3.24. The number of H-pyrrole nitrogens is 1. The molecule has 27 heavy (non-hydrogen) atoms. The molecule has 0 saturated heterocycles. The van der Waals surface area contributed by atoms with Crippen molar-refractivity contribution in [3.05, 3.63) is 65.3 Å². The third kappa shape index (κ3) is 3.39. The summed E-state index contributed by atoms with van der Waals surface area (Å²) in [7, 11) is 0. The summed E-state index contributed by atoms with van der Waals surface area (Å²) in [5.41, 5.74) is 8.44. The molecule has 3 heterocycles. The van der Waals surface area contributed by atoms with Crippen molar-refractivity contribution in [2.75, 3.05) is 0 Å². The second kappa shape index (κ2) is 6.81. The summed E-state index contributed by atoms with van der Waals surface area (Å²) in [4.78, 5) is 11.4. The van der Waals surface area contributed by atoms with E-state index >= 15 is 0 Å². The van der Waals surface area contributed by atoms with Gasteiger partial charge in [-0.2, -0.15) is 4.98 Å². The van der Waals surface area contributed by atoms with Crippen molar-refractivity contribution in [2.24, 2.45) is 5.73 Å². The minimum absolute atomic E-state index is 0.133. The third-order valence-electron chi connectivity index (χ3n) is 4.26. The van der Waals surface area contributed by atoms with Crippen LogP contribution < -0.4 is 10.5 Å². The summed E-state index contributed by atoms with van der Waals surface area (Å²) in [5.74, 6) is 1.05. The van der Waals surface area contributed by atoms with Crippen LogP contribution in [0.2, 0.25) is 0 Å². The molecule has 0 fully saturated rings. The van der Waals surface area contributed by atoms with Crippen molar-refractivity contribution >= 4 is 11.0 Å². The van der Waals surface area contributed by atoms with Crippen molar-refractivity contribution in [3.8, 4) is 11.5 Å². The fourth-order valence-corrected chi connectivity index (χ4v) is 2.95. The monoisotopic (exact) mass is 367 g/mol. The summed E-state index contributed by atoms with van der Waals surface area (Å²) in [6.45, 7) is 3.65. The van der Waals surface area contributed by atoms with Crippen LogP contribution >= 0.6 is 0 Å². The zero-order valence-corrected chi connectivity index (χ0v) is 14.9. The molecular formula is C19H18FN5O2. The predicted octanol–water partition coefficient (Wildman–Crippen LogP) is 3.74. The van der Waals surface area contributed by atoms with Gasteiger partial charge in [0.25, 0.3) is 0 Å². The predicted molar refractivity (Wildman–Crippen MR) is 97.0 cm³/mol. The van der Waals surface area contributed by atoms with Crippen LogP contribution in [0.1, 0.15) is 28.9 Å². The SMILES string of the molecule is Cc1noc(C(N)Cc2ccc(Oc3ccnc4[nH]cc(C)c34)c(F)c2)n1. The first-order chi connectivity index (χ1) is 13.0. The van der Waals surface area contributed by atoms with Gasteiger partial charge in [0.15, 0.2) is 17.4 Å². The van der Waals surface area contributed by atoms with Crippen LogP contribution in [0, 0.1) is 19.7 Å². The zero-order valence-electron chi connectivity index (χ0n) is 14.9. The minimum atomic E-state index is -0.500. The van der Waals surface area contributed by atoms with E-state index in [0.29, 0.717) is 35.1 Å². The smallest absolute Gasteiger partial charge is 0.243 e. The lowest BCUT2D eigenvalue weighted by Gasteiger charge is -2.11. The Labute approximate surface area is 154 Å². The van der Waals surface area contributed by atoms with E-state index in [1.165, 1.54) is 6.07 Å². The van der Waals surface area contributed by atoms with Crippen molar-refractivity contribution in [2.45, 2.75) is 26.3 Å². The van der Waals surface area contributed by atoms with E-state index in [-0.39, 0.29) is 5.75 Å². The summed E-state index contributed by atoms with van der Waals surface area (Å²) in [6.07, 6.45) is 3.82. The molecular weight excluding hydrogens is 349 g/mol. The molecule has 0 amide bonds. The van der Waals surface area contributed by atoms with E-state index in [0.717, 1.165) is 10.9 Å². The molecule has 0 aliphatic heterocycles. The number of benzene rings is 1. The molecule has 1 unspecified atom stereocenters. The van der Waals surface area contributed by atoms with Crippen molar-refractivity contribution < 1.29 is 13.7 Å². The number of aryl methyl sites for hydroxylation is 2. The van der Waals surface area contributed by atoms with E-state index in [9.17, 15) is 4.39 Å². The summed E-state index contributed by atoms with van der Waals surface area (Å²) >= 11 is 0. The molecule has 3 aromatic heterocycles. The fourth-order valence-electron chi connectivity index (χ4n) is 2.95. The lowest BCUT2D eigenvalue weighted by molar-refractivity contribution is 0.351. The van der Waals surface area contributed by atoms with E-state index in [1.54, 1.807) is 31.3 Å². The van der Waals surface area contributed by atoms with Gasteiger partial charge in [0.05, 0.1) is 11.4 Å². The first kappa shape index (κ1) is 17.2. The molecule has 0 spiro atoms. The Hall–Kier alpha value is -3.26. The van der Waals surface area contributed by atoms with Gasteiger partial charge in [0, 0.05) is 12.4 Å². The summed E-state index contributed by atoms with van der Waals surface area (Å²) in [5, 5.41) is 4.55. The van der Waals surface area contributed by atoms with Crippen LogP contribution in [-0.4, -0.2) is 20.1 Å². The average molecular weight is 367 g/mol. The Balaban J connectivity index is 1.55. The van der Waals surface area contributed by atoms with Crippen LogP contribution in [0.25, 0.3) is 11.0 Å². The first-order valence-corrected chi connectivity index (χ1v) is 8.46. The highest BCUT2D eigenvalue weighted by molar-refractivity contribution is 5.86. The highest BCUT2D eigenvalue weighted by atomic mass is 19.1. The molecule has 4 rings (SSSR count). The Morgan fingerprint density at radius 3 is 2.85 bits per heavy atom. The molecule has 1 atom stereocenters. The van der Waals surface area contributed by atoms with Crippen molar-refractivity contribution in [1.29, 1.82) is 0 Å². The van der Waals surface area contributed by atoms with Gasteiger partial charge in [-0.1, -0.05) is 11.2 Å². The van der Waals surface area contributed by atoms with Gasteiger partial charge in [-0.3, -0.25) is 0 Å². The zero-order chi connectivity index (χ0) is 19.0. The number of nitrogens with one attached hydrogen (secondary N) is 1. The lowest BCUT2D eigenvalue weighted by atomic mass is 10.1. The maximum atomic E-state index is 14.6. The number of ether oxygens (including phenoxy) is 1. The molecule has 0 aliphatic rings. The van der Waals surface area contributed by atoms with Crippen LogP contribution in [-0.2, 0) is 6.42 Å². The molecule has 3 N–H and O–H groups in total. The lowest BCUT2D eigenvalue weighted by Crippen LogP contribution is -2.14. The third-order valence-corrected chi connectivity index (χ3v) is 4.26. The second-order valence-corrected chi connectivity index (χ2v) is 6.36. The van der Waals surface area contributed by atoms with Gasteiger partial charge in [0.1, 0.15) is 11.4 Å². The van der Waals surface area contributed by atoms with Crippen LogP contribution in [0.5, 0.6) is 11.5 Å². The first-order valence-electron chi connectivity index (χ1n) is 8.46. The molecule has 138 valence electrons. The molecule has 7 nitrogen and oxygen atoms in total. The number of aromatic amines is 1. The highest BCUT2D eigenvalue weighted by Crippen LogP contribution is 2.32. The number of halogens is 1.